The molecule has 5 heteroatoms. The van der Waals surface area contributed by atoms with Gasteiger partial charge in [0.05, 0.1) is 0 Å². The number of nitrogens with one attached hydrogen (secondary N) is 1. The van der Waals surface area contributed by atoms with Crippen LogP contribution in [0.4, 0.5) is 5.82 Å². The van der Waals surface area contributed by atoms with E-state index in [1.165, 1.54) is 6.42 Å². The molecule has 0 aliphatic carbocycles. The molecule has 2 rings (SSSR count). The second kappa shape index (κ2) is 4.61. The lowest BCUT2D eigenvalue weighted by Gasteiger charge is -2.26. The predicted octanol–water partition coefficient (Wildman–Crippen LogP) is 0.760. The van der Waals surface area contributed by atoms with Crippen LogP contribution in [-0.4, -0.2) is 28.8 Å². The van der Waals surface area contributed by atoms with Crippen LogP contribution in [-0.2, 0) is 0 Å². The summed E-state index contributed by atoms with van der Waals surface area (Å²) in [4.78, 5) is 8.17. The highest BCUT2D eigenvalue weighted by molar-refractivity contribution is 7.99. The lowest BCUT2D eigenvalue weighted by molar-refractivity contribution is 0.341. The third kappa shape index (κ3) is 2.36. The standard InChI is InChI=1S/C9H14N4S/c10-8-9(13-3-2-12-8)14-4-1-7-5-11-6-7/h2-3,7,11H,1,4-6H2,(H2,10,12). The van der Waals surface area contributed by atoms with Crippen molar-refractivity contribution in [3.05, 3.63) is 12.4 Å². The van der Waals surface area contributed by atoms with Gasteiger partial charge >= 0.3 is 0 Å². The van der Waals surface area contributed by atoms with Crippen LogP contribution >= 0.6 is 11.8 Å². The molecule has 1 aliphatic rings. The van der Waals surface area contributed by atoms with Gasteiger partial charge in [0.1, 0.15) is 5.03 Å². The molecule has 1 aromatic rings. The maximum absolute atomic E-state index is 5.68. The number of anilines is 1. The van der Waals surface area contributed by atoms with Crippen molar-refractivity contribution in [1.82, 2.24) is 15.3 Å². The lowest BCUT2D eigenvalue weighted by Crippen LogP contribution is -2.42. The van der Waals surface area contributed by atoms with Crippen molar-refractivity contribution in [3.8, 4) is 0 Å². The Balaban J connectivity index is 1.76. The topological polar surface area (TPSA) is 63.8 Å². The number of nitrogens with two attached hydrogens (primary N) is 1. The zero-order valence-corrected chi connectivity index (χ0v) is 8.76. The van der Waals surface area contributed by atoms with Gasteiger partial charge in [0.2, 0.25) is 0 Å². The number of nitrogen functional groups attached to an aromatic ring is 1. The van der Waals surface area contributed by atoms with E-state index < -0.39 is 0 Å². The quantitative estimate of drug-likeness (QED) is 0.718. The molecule has 4 nitrogen and oxygen atoms in total. The summed E-state index contributed by atoms with van der Waals surface area (Å²) < 4.78 is 0. The Bertz CT molecular complexity index is 301. The van der Waals surface area contributed by atoms with Crippen LogP contribution in [0.3, 0.4) is 0 Å². The molecule has 0 unspecified atom stereocenters. The largest absolute Gasteiger partial charge is 0.381 e. The van der Waals surface area contributed by atoms with Gasteiger partial charge < -0.3 is 11.1 Å². The maximum atomic E-state index is 5.68. The van der Waals surface area contributed by atoms with Crippen molar-refractivity contribution in [2.24, 2.45) is 5.92 Å². The van der Waals surface area contributed by atoms with Crippen LogP contribution in [0.15, 0.2) is 17.4 Å². The highest BCUT2D eigenvalue weighted by Gasteiger charge is 2.16. The predicted molar refractivity (Wildman–Crippen MR) is 58.1 cm³/mol. The minimum Gasteiger partial charge on any atom is -0.381 e. The van der Waals surface area contributed by atoms with Gasteiger partial charge in [-0.2, -0.15) is 0 Å². The molecule has 0 radical (unpaired) electrons. The fourth-order valence-corrected chi connectivity index (χ4v) is 2.30. The molecule has 0 aromatic carbocycles. The van der Waals surface area contributed by atoms with Crippen LogP contribution < -0.4 is 11.1 Å². The maximum Gasteiger partial charge on any atom is 0.156 e. The Kier molecular flexibility index (Phi) is 3.21. The second-order valence-electron chi connectivity index (χ2n) is 3.41. The average molecular weight is 210 g/mol. The third-order valence-electron chi connectivity index (χ3n) is 2.32. The summed E-state index contributed by atoms with van der Waals surface area (Å²) in [5.74, 6) is 2.47. The van der Waals surface area contributed by atoms with Crippen molar-refractivity contribution < 1.29 is 0 Å². The van der Waals surface area contributed by atoms with Gasteiger partial charge in [-0.1, -0.05) is 0 Å². The second-order valence-corrected chi connectivity index (χ2v) is 4.49. The fraction of sp³-hybridized carbons (Fsp3) is 0.556. The number of nitrogens with zero attached hydrogens (tertiary/aromatic N) is 2. The number of hydrogen-bond acceptors (Lipinski definition) is 5. The molecule has 0 bridgehead atoms. The first-order valence-corrected chi connectivity index (χ1v) is 5.75. The molecule has 1 saturated heterocycles. The van der Waals surface area contributed by atoms with E-state index in [-0.39, 0.29) is 0 Å². The fourth-order valence-electron chi connectivity index (χ4n) is 1.32. The molecular weight excluding hydrogens is 196 g/mol. The summed E-state index contributed by atoms with van der Waals surface area (Å²) in [7, 11) is 0. The lowest BCUT2D eigenvalue weighted by atomic mass is 10.0. The summed E-state index contributed by atoms with van der Waals surface area (Å²) in [5, 5.41) is 4.12. The number of hydrogen-bond donors (Lipinski definition) is 2. The van der Waals surface area contributed by atoms with Crippen molar-refractivity contribution in [1.29, 1.82) is 0 Å². The number of rotatable bonds is 4. The van der Waals surface area contributed by atoms with Crippen molar-refractivity contribution >= 4 is 17.6 Å². The molecule has 0 atom stereocenters. The molecule has 2 heterocycles. The van der Waals surface area contributed by atoms with Gasteiger partial charge in [0.25, 0.3) is 0 Å². The first-order valence-electron chi connectivity index (χ1n) is 4.76. The van der Waals surface area contributed by atoms with E-state index in [1.807, 2.05) is 0 Å². The molecule has 14 heavy (non-hydrogen) atoms. The first-order chi connectivity index (χ1) is 6.86. The Morgan fingerprint density at radius 2 is 2.21 bits per heavy atom. The van der Waals surface area contributed by atoms with E-state index in [0.29, 0.717) is 5.82 Å². The smallest absolute Gasteiger partial charge is 0.156 e. The Hall–Kier alpha value is -0.810. The van der Waals surface area contributed by atoms with Crippen LogP contribution in [0, 0.1) is 5.92 Å². The van der Waals surface area contributed by atoms with Crippen LogP contribution in [0.1, 0.15) is 6.42 Å². The Morgan fingerprint density at radius 1 is 1.43 bits per heavy atom. The summed E-state index contributed by atoms with van der Waals surface area (Å²) in [6.45, 7) is 2.33. The highest BCUT2D eigenvalue weighted by atomic mass is 32.2. The van der Waals surface area contributed by atoms with E-state index in [1.54, 1.807) is 24.2 Å². The van der Waals surface area contributed by atoms with Crippen molar-refractivity contribution in [3.63, 3.8) is 0 Å². The van der Waals surface area contributed by atoms with Crippen molar-refractivity contribution in [2.75, 3.05) is 24.6 Å². The zero-order chi connectivity index (χ0) is 9.80. The molecule has 0 saturated carbocycles. The van der Waals surface area contributed by atoms with Gasteiger partial charge in [-0.05, 0) is 31.2 Å². The van der Waals surface area contributed by atoms with E-state index in [2.05, 4.69) is 15.3 Å². The SMILES string of the molecule is Nc1nccnc1SCCC1CNC1. The molecule has 3 N–H and O–H groups in total. The van der Waals surface area contributed by atoms with Gasteiger partial charge in [0.15, 0.2) is 5.82 Å². The monoisotopic (exact) mass is 210 g/mol. The zero-order valence-electron chi connectivity index (χ0n) is 7.94. The molecule has 1 aromatic heterocycles. The van der Waals surface area contributed by atoms with Gasteiger partial charge in [-0.25, -0.2) is 9.97 Å². The minimum atomic E-state index is 0.546. The Morgan fingerprint density at radius 3 is 2.86 bits per heavy atom. The number of aromatic nitrogens is 2. The summed E-state index contributed by atoms with van der Waals surface area (Å²) in [6.07, 6.45) is 4.53. The number of thioether (sulfide) groups is 1. The first kappa shape index (κ1) is 9.73. The average Bonchev–Trinajstić information content (AvgIpc) is 2.12. The van der Waals surface area contributed by atoms with Crippen LogP contribution in [0.2, 0.25) is 0 Å². The van der Waals surface area contributed by atoms with Gasteiger partial charge in [-0.15, -0.1) is 11.8 Å². The van der Waals surface area contributed by atoms with Crippen molar-refractivity contribution in [2.45, 2.75) is 11.4 Å². The van der Waals surface area contributed by atoms with E-state index >= 15 is 0 Å². The normalized spacial score (nSPS) is 16.6. The summed E-state index contributed by atoms with van der Waals surface area (Å²) in [5.41, 5.74) is 5.68. The van der Waals surface area contributed by atoms with Gasteiger partial charge in [0, 0.05) is 12.4 Å². The van der Waals surface area contributed by atoms with Gasteiger partial charge in [-0.3, -0.25) is 0 Å². The molecule has 0 amide bonds. The molecule has 1 fully saturated rings. The molecule has 0 spiro atoms. The Labute approximate surface area is 87.7 Å². The molecule has 1 aliphatic heterocycles. The minimum absolute atomic E-state index is 0.546. The molecular formula is C9H14N4S. The summed E-state index contributed by atoms with van der Waals surface area (Å²) in [6, 6.07) is 0. The van der Waals surface area contributed by atoms with Crippen LogP contribution in [0.5, 0.6) is 0 Å². The third-order valence-corrected chi connectivity index (χ3v) is 3.35. The molecule has 76 valence electrons. The van der Waals surface area contributed by atoms with E-state index in [9.17, 15) is 0 Å². The highest BCUT2D eigenvalue weighted by Crippen LogP contribution is 2.22. The summed E-state index contributed by atoms with van der Waals surface area (Å²) >= 11 is 1.70. The van der Waals surface area contributed by atoms with E-state index in [0.717, 1.165) is 29.8 Å². The van der Waals surface area contributed by atoms with Crippen LogP contribution in [0.25, 0.3) is 0 Å². The van der Waals surface area contributed by atoms with E-state index in [4.69, 9.17) is 5.73 Å².